The number of amides is 1. The molecule has 0 fully saturated rings. The first-order chi connectivity index (χ1) is 14.6. The van der Waals surface area contributed by atoms with Gasteiger partial charge in [0.15, 0.2) is 5.58 Å². The number of benzene rings is 2. The van der Waals surface area contributed by atoms with E-state index in [1.807, 2.05) is 31.2 Å². The van der Waals surface area contributed by atoms with Crippen molar-refractivity contribution in [2.45, 2.75) is 18.4 Å². The third-order valence-corrected chi connectivity index (χ3v) is 5.53. The molecule has 1 amide bonds. The van der Waals surface area contributed by atoms with Gasteiger partial charge in [-0.05, 0) is 24.3 Å². The van der Waals surface area contributed by atoms with Gasteiger partial charge in [0.2, 0.25) is 5.91 Å². The number of anilines is 1. The lowest BCUT2D eigenvalue weighted by atomic mass is 10.2. The molecule has 0 saturated carbocycles. The first-order valence-corrected chi connectivity index (χ1v) is 10.4. The Labute approximate surface area is 177 Å². The summed E-state index contributed by atoms with van der Waals surface area (Å²) in [6.07, 6.45) is 0.693. The molecule has 8 heteroatoms. The molecular weight excluding hydrogens is 402 g/mol. The van der Waals surface area contributed by atoms with E-state index in [2.05, 4.69) is 15.3 Å². The molecule has 7 nitrogen and oxygen atoms in total. The number of aromatic nitrogens is 2. The Balaban J connectivity index is 1.57. The van der Waals surface area contributed by atoms with Gasteiger partial charge in [0, 0.05) is 17.9 Å². The molecule has 2 heterocycles. The Bertz CT molecular complexity index is 1220. The number of carbonyl (C=O) groups is 1. The smallest absolute Gasteiger partial charge is 0.234 e. The third-order valence-electron chi connectivity index (χ3n) is 4.57. The van der Waals surface area contributed by atoms with E-state index in [1.165, 1.54) is 11.8 Å². The van der Waals surface area contributed by atoms with Gasteiger partial charge in [-0.3, -0.25) is 4.79 Å². The first-order valence-electron chi connectivity index (χ1n) is 9.45. The fraction of sp³-hybridized carbons (Fsp3) is 0.227. The highest BCUT2D eigenvalue weighted by Gasteiger charge is 2.17. The maximum Gasteiger partial charge on any atom is 0.234 e. The number of hydrogen-bond donors (Lipinski definition) is 1. The lowest BCUT2D eigenvalue weighted by Gasteiger charge is -2.11. The van der Waals surface area contributed by atoms with Crippen LogP contribution >= 0.6 is 11.8 Å². The number of nitrogens with one attached hydrogen (secondary N) is 1. The van der Waals surface area contributed by atoms with E-state index in [1.54, 1.807) is 32.4 Å². The highest BCUT2D eigenvalue weighted by molar-refractivity contribution is 8.00. The number of aryl methyl sites for hydroxylation is 1. The molecule has 0 spiro atoms. The average Bonchev–Trinajstić information content (AvgIpc) is 3.16. The summed E-state index contributed by atoms with van der Waals surface area (Å²) in [6.45, 7) is 2.00. The summed E-state index contributed by atoms with van der Waals surface area (Å²) >= 11 is 1.32. The molecule has 30 heavy (non-hydrogen) atoms. The second-order valence-electron chi connectivity index (χ2n) is 6.48. The zero-order chi connectivity index (χ0) is 21.1. The van der Waals surface area contributed by atoms with E-state index in [-0.39, 0.29) is 11.7 Å². The summed E-state index contributed by atoms with van der Waals surface area (Å²) in [5.41, 5.74) is 2.71. The van der Waals surface area contributed by atoms with E-state index in [4.69, 9.17) is 13.9 Å². The SMILES string of the molecule is CCc1nc(SCC(=O)Nc2ccc(OC)cc2OC)c2oc3ccccc3c2n1. The fourth-order valence-electron chi connectivity index (χ4n) is 3.09. The van der Waals surface area contributed by atoms with Crippen LogP contribution in [0.2, 0.25) is 0 Å². The lowest BCUT2D eigenvalue weighted by molar-refractivity contribution is -0.113. The molecule has 1 N–H and O–H groups in total. The van der Waals surface area contributed by atoms with Crippen molar-refractivity contribution in [1.29, 1.82) is 0 Å². The normalized spacial score (nSPS) is 11.0. The molecule has 154 valence electrons. The predicted octanol–water partition coefficient (Wildman–Crippen LogP) is 4.69. The Morgan fingerprint density at radius 3 is 2.73 bits per heavy atom. The van der Waals surface area contributed by atoms with Crippen molar-refractivity contribution in [3.8, 4) is 11.5 Å². The lowest BCUT2D eigenvalue weighted by Crippen LogP contribution is -2.15. The molecule has 0 aliphatic rings. The molecule has 4 aromatic rings. The summed E-state index contributed by atoms with van der Waals surface area (Å²) in [5.74, 6) is 1.89. The summed E-state index contributed by atoms with van der Waals surface area (Å²) in [5, 5.41) is 4.47. The van der Waals surface area contributed by atoms with Crippen LogP contribution in [0.1, 0.15) is 12.7 Å². The van der Waals surface area contributed by atoms with Crippen LogP contribution in [0.3, 0.4) is 0 Å². The number of para-hydroxylation sites is 1. The van der Waals surface area contributed by atoms with Crippen molar-refractivity contribution < 1.29 is 18.7 Å². The molecule has 0 saturated heterocycles. The molecule has 0 unspecified atom stereocenters. The Morgan fingerprint density at radius 1 is 1.13 bits per heavy atom. The number of ether oxygens (including phenoxy) is 2. The molecule has 2 aromatic heterocycles. The molecule has 0 bridgehead atoms. The van der Waals surface area contributed by atoms with Crippen LogP contribution in [0.5, 0.6) is 11.5 Å². The molecule has 0 aliphatic carbocycles. The van der Waals surface area contributed by atoms with E-state index >= 15 is 0 Å². The van der Waals surface area contributed by atoms with Crippen LogP contribution in [-0.4, -0.2) is 35.8 Å². The monoisotopic (exact) mass is 423 g/mol. The second-order valence-corrected chi connectivity index (χ2v) is 7.44. The second kappa shape index (κ2) is 8.62. The van der Waals surface area contributed by atoms with Crippen molar-refractivity contribution in [3.05, 3.63) is 48.3 Å². The number of fused-ring (bicyclic) bond motifs is 3. The van der Waals surface area contributed by atoms with Crippen molar-refractivity contribution in [2.24, 2.45) is 0 Å². The predicted molar refractivity (Wildman–Crippen MR) is 118 cm³/mol. The number of nitrogens with zero attached hydrogens (tertiary/aromatic N) is 2. The minimum absolute atomic E-state index is 0.168. The van der Waals surface area contributed by atoms with Gasteiger partial charge in [-0.2, -0.15) is 0 Å². The standard InChI is InChI=1S/C22H21N3O4S/c1-4-18-24-20-14-7-5-6-8-16(14)29-21(20)22(25-18)30-12-19(26)23-15-10-9-13(27-2)11-17(15)28-3/h5-11H,4,12H2,1-3H3,(H,23,26). The summed E-state index contributed by atoms with van der Waals surface area (Å²) in [7, 11) is 3.12. The average molecular weight is 423 g/mol. The van der Waals surface area contributed by atoms with E-state index < -0.39 is 0 Å². The largest absolute Gasteiger partial charge is 0.497 e. The zero-order valence-electron chi connectivity index (χ0n) is 16.9. The Morgan fingerprint density at radius 2 is 1.97 bits per heavy atom. The Kier molecular flexibility index (Phi) is 5.76. The van der Waals surface area contributed by atoms with Crippen molar-refractivity contribution in [2.75, 3.05) is 25.3 Å². The summed E-state index contributed by atoms with van der Waals surface area (Å²) in [4.78, 5) is 21.8. The van der Waals surface area contributed by atoms with Gasteiger partial charge in [-0.25, -0.2) is 9.97 Å². The van der Waals surface area contributed by atoms with Gasteiger partial charge in [0.1, 0.15) is 33.4 Å². The van der Waals surface area contributed by atoms with Gasteiger partial charge in [0.05, 0.1) is 25.7 Å². The quantitative estimate of drug-likeness (QED) is 0.341. The van der Waals surface area contributed by atoms with Crippen molar-refractivity contribution >= 4 is 45.4 Å². The molecule has 0 aliphatic heterocycles. The van der Waals surface area contributed by atoms with Gasteiger partial charge in [0.25, 0.3) is 0 Å². The van der Waals surface area contributed by atoms with Gasteiger partial charge in [-0.15, -0.1) is 0 Å². The first kappa shape index (κ1) is 20.0. The van der Waals surface area contributed by atoms with Crippen LogP contribution in [0.25, 0.3) is 22.1 Å². The maximum atomic E-state index is 12.6. The molecule has 2 aromatic carbocycles. The van der Waals surface area contributed by atoms with Gasteiger partial charge >= 0.3 is 0 Å². The highest BCUT2D eigenvalue weighted by Crippen LogP contribution is 2.34. The highest BCUT2D eigenvalue weighted by atomic mass is 32.2. The zero-order valence-corrected chi connectivity index (χ0v) is 17.7. The maximum absolute atomic E-state index is 12.6. The molecular formula is C22H21N3O4S. The van der Waals surface area contributed by atoms with Gasteiger partial charge < -0.3 is 19.2 Å². The van der Waals surface area contributed by atoms with E-state index in [0.29, 0.717) is 40.0 Å². The minimum Gasteiger partial charge on any atom is -0.497 e. The topological polar surface area (TPSA) is 86.5 Å². The summed E-state index contributed by atoms with van der Waals surface area (Å²) < 4.78 is 16.5. The number of methoxy groups -OCH3 is 2. The fourth-order valence-corrected chi connectivity index (χ4v) is 3.87. The Hall–Kier alpha value is -3.26. The number of furan rings is 1. The van der Waals surface area contributed by atoms with Crippen LogP contribution < -0.4 is 14.8 Å². The van der Waals surface area contributed by atoms with Crippen LogP contribution in [0.15, 0.2) is 51.9 Å². The minimum atomic E-state index is -0.176. The summed E-state index contributed by atoms with van der Waals surface area (Å²) in [6, 6.07) is 13.0. The number of thioether (sulfide) groups is 1. The number of carbonyl (C=O) groups excluding carboxylic acids is 1. The number of hydrogen-bond acceptors (Lipinski definition) is 7. The van der Waals surface area contributed by atoms with E-state index in [9.17, 15) is 4.79 Å². The van der Waals surface area contributed by atoms with Crippen molar-refractivity contribution in [3.63, 3.8) is 0 Å². The van der Waals surface area contributed by atoms with Crippen LogP contribution in [-0.2, 0) is 11.2 Å². The molecule has 0 atom stereocenters. The molecule has 4 rings (SSSR count). The van der Waals surface area contributed by atoms with E-state index in [0.717, 1.165) is 16.5 Å². The third kappa shape index (κ3) is 3.91. The van der Waals surface area contributed by atoms with Crippen molar-refractivity contribution in [1.82, 2.24) is 9.97 Å². The molecule has 0 radical (unpaired) electrons. The van der Waals surface area contributed by atoms with Crippen LogP contribution in [0.4, 0.5) is 5.69 Å². The number of rotatable bonds is 7. The van der Waals surface area contributed by atoms with Crippen LogP contribution in [0, 0.1) is 0 Å². The van der Waals surface area contributed by atoms with Gasteiger partial charge in [-0.1, -0.05) is 30.8 Å².